The summed E-state index contributed by atoms with van der Waals surface area (Å²) in [7, 11) is -2.63. The summed E-state index contributed by atoms with van der Waals surface area (Å²) in [6.45, 7) is 3.44. The number of aryl methyl sites for hydroxylation is 1. The first-order valence-corrected chi connectivity index (χ1v) is 15.8. The molecule has 0 heterocycles. The zero-order valence-electron chi connectivity index (χ0n) is 30.2. The summed E-state index contributed by atoms with van der Waals surface area (Å²) in [5.41, 5.74) is 0.363. The van der Waals surface area contributed by atoms with Crippen LogP contribution in [0.1, 0.15) is 24.3 Å². The van der Waals surface area contributed by atoms with Gasteiger partial charge in [-0.25, -0.2) is 0 Å². The van der Waals surface area contributed by atoms with Gasteiger partial charge in [-0.05, 0) is 38.1 Å². The van der Waals surface area contributed by atoms with Crippen LogP contribution in [0.15, 0.2) is 94.3 Å². The van der Waals surface area contributed by atoms with Gasteiger partial charge in [-0.2, -0.15) is 25.6 Å². The molecule has 0 spiro atoms. The Morgan fingerprint density at radius 1 is 0.961 bits per heavy atom. The minimum Gasteiger partial charge on any atom is -1.00 e. The number of nitrogens with zero attached hydrogens (tertiary/aromatic N) is 2. The third-order valence-corrected chi connectivity index (χ3v) is 7.63. The summed E-state index contributed by atoms with van der Waals surface area (Å²) in [4.78, 5) is 30.0. The quantitative estimate of drug-likeness (QED) is 0.0467. The van der Waals surface area contributed by atoms with Crippen LogP contribution in [-0.4, -0.2) is 39.7 Å². The molecule has 0 unspecified atom stereocenters. The Balaban J connectivity index is -0.000000152. The maximum atomic E-state index is 13.4. The van der Waals surface area contributed by atoms with Crippen molar-refractivity contribution in [3.63, 3.8) is 0 Å². The van der Waals surface area contributed by atoms with E-state index in [1.165, 1.54) is 24.3 Å². The molecule has 4 rings (SSSR count). The molecule has 0 atom stereocenters. The summed E-state index contributed by atoms with van der Waals surface area (Å²) >= 11 is 0. The Morgan fingerprint density at radius 2 is 1.43 bits per heavy atom. The van der Waals surface area contributed by atoms with Gasteiger partial charge in [-0.3, -0.25) is 29.7 Å². The Bertz CT molecular complexity index is 1950. The molecule has 0 amide bonds. The zero-order valence-corrected chi connectivity index (χ0v) is 34.8. The zero-order chi connectivity index (χ0) is 39.9. The molecule has 0 aliphatic heterocycles. The molecule has 0 fully saturated rings. The first kappa shape index (κ1) is 51.0. The Morgan fingerprint density at radius 3 is 1.80 bits per heavy atom. The summed E-state index contributed by atoms with van der Waals surface area (Å²) < 4.78 is 99.0. The van der Waals surface area contributed by atoms with Crippen molar-refractivity contribution in [2.45, 2.75) is 26.2 Å². The van der Waals surface area contributed by atoms with E-state index < -0.39 is 52.0 Å². The first-order valence-electron chi connectivity index (χ1n) is 13.4. The Kier molecular flexibility index (Phi) is 26.6. The fourth-order valence-electron chi connectivity index (χ4n) is 2.85. The second-order valence-electron chi connectivity index (χ2n) is 8.45. The van der Waals surface area contributed by atoms with Gasteiger partial charge in [0.1, 0.15) is 28.0 Å². The van der Waals surface area contributed by atoms with Gasteiger partial charge < -0.3 is 20.9 Å². The summed E-state index contributed by atoms with van der Waals surface area (Å²) in [6, 6.07) is 11.1. The number of carbonyl (C=O) groups is 1. The Hall–Kier alpha value is -2.13. The van der Waals surface area contributed by atoms with Gasteiger partial charge >= 0.3 is 133 Å². The van der Waals surface area contributed by atoms with E-state index in [1.54, 1.807) is 25.1 Å². The number of allylic oxidation sites excluding steroid dienone is 5. The number of phenols is 1. The average molecular weight is 839 g/mol. The van der Waals surface area contributed by atoms with Crippen molar-refractivity contribution in [1.29, 1.82) is 1.45 Å². The van der Waals surface area contributed by atoms with Crippen molar-refractivity contribution < 1.29 is 172 Å². The van der Waals surface area contributed by atoms with Gasteiger partial charge in [0.2, 0.25) is 11.6 Å². The standard InChI is InChI=1S/C13H10FNO5S.C7H6ClO2S.C6H4FNO3.CH2O3.CH4.FH.2K.H2.H/c1-9-2-5-11(6-3-9)21(18,19)20-10-4-7-13(15(16)17)12(14)8-10;1-6-2-4-7(5-3-6)11(8,9)10;7-5-3-4(9)1-2-6(5)8(10)11;2-1-4-3;;;;;;/h2-8H,1H3;2,4-5H,1H3;1-3,9H;1,3H;1H4;1H;;;1H;/q;+1;;;;;2*+1;;-1/p-1/i;;;;;;;;1+1D;/hD. The number of hydrogen-bond acceptors (Lipinski definition) is 13. The molecule has 23 heteroatoms. The molecule has 0 saturated heterocycles. The van der Waals surface area contributed by atoms with Crippen molar-refractivity contribution in [3.05, 3.63) is 133 Å². The van der Waals surface area contributed by atoms with E-state index in [1.807, 2.05) is 6.92 Å². The molecule has 1 N–H and O–H groups in total. The molecular weight excluding hydrogens is 807 g/mol. The van der Waals surface area contributed by atoms with Crippen molar-refractivity contribution >= 4 is 47.7 Å². The van der Waals surface area contributed by atoms with Crippen molar-refractivity contribution in [3.8, 4) is 11.5 Å². The average Bonchev–Trinajstić information content (AvgIpc) is 3.07. The molecule has 15 nitrogen and oxygen atoms in total. The van der Waals surface area contributed by atoms with Crippen molar-refractivity contribution in [1.82, 2.24) is 0 Å². The van der Waals surface area contributed by atoms with Gasteiger partial charge in [0, 0.05) is 44.0 Å². The number of nitro groups is 2. The van der Waals surface area contributed by atoms with E-state index >= 15 is 0 Å². The van der Waals surface area contributed by atoms with E-state index in [-0.39, 0.29) is 139 Å². The van der Waals surface area contributed by atoms with Crippen molar-refractivity contribution in [2.75, 3.05) is 0 Å². The van der Waals surface area contributed by atoms with Gasteiger partial charge in [-0.1, -0.05) is 25.1 Å². The van der Waals surface area contributed by atoms with E-state index in [2.05, 4.69) is 12.4 Å². The molecule has 0 bridgehead atoms. The number of aromatic hydroxyl groups is 1. The van der Waals surface area contributed by atoms with Crippen LogP contribution in [0.2, 0.25) is 0 Å². The molecule has 1 aliphatic rings. The molecule has 51 heavy (non-hydrogen) atoms. The normalized spacial score (nSPS) is 11.0. The van der Waals surface area contributed by atoms with Crippen LogP contribution >= 0.6 is 10.7 Å². The second kappa shape index (κ2) is 26.6. The number of nitro benzene ring substituents is 2. The van der Waals surface area contributed by atoms with Crippen LogP contribution in [0.5, 0.6) is 11.5 Å². The molecule has 270 valence electrons. The Labute approximate surface area is 386 Å². The van der Waals surface area contributed by atoms with E-state index in [9.17, 15) is 45.8 Å². The molecule has 0 radical (unpaired) electrons. The third kappa shape index (κ3) is 20.6. The van der Waals surface area contributed by atoms with Crippen molar-refractivity contribution in [2.24, 2.45) is 0 Å². The van der Waals surface area contributed by atoms with Crippen LogP contribution in [0.25, 0.3) is 0 Å². The van der Waals surface area contributed by atoms with E-state index in [0.717, 1.165) is 35.4 Å². The van der Waals surface area contributed by atoms with Crippen LogP contribution in [-0.2, 0) is 28.9 Å². The second-order valence-corrected chi connectivity index (χ2v) is 12.6. The monoisotopic (exact) mass is 838 g/mol. The van der Waals surface area contributed by atoms with Gasteiger partial charge in [0.25, 0.3) is 7.92 Å². The van der Waals surface area contributed by atoms with E-state index in [0.29, 0.717) is 12.1 Å². The predicted molar refractivity (Wildman–Crippen MR) is 171 cm³/mol. The number of benzene rings is 3. The number of hydrogen-bond donors (Lipinski definition) is 1. The van der Waals surface area contributed by atoms with Crippen LogP contribution in [0, 0.1) is 44.9 Å². The molecule has 0 aromatic heterocycles. The largest absolute Gasteiger partial charge is 1.00 e. The number of halogens is 4. The topological polar surface area (TPSA) is 233 Å². The fourth-order valence-corrected chi connectivity index (χ4v) is 4.49. The summed E-state index contributed by atoms with van der Waals surface area (Å²) in [5, 5.41) is 37.6. The minimum atomic E-state index is -4.12. The summed E-state index contributed by atoms with van der Waals surface area (Å²) in [6.07, 6.45) is 7.20. The minimum absolute atomic E-state index is 0. The third-order valence-electron chi connectivity index (χ3n) is 5.02. The first-order chi connectivity index (χ1) is 23.8. The number of carbonyl (C=O) groups excluding carboxylic acids is 1. The van der Waals surface area contributed by atoms with Crippen LogP contribution < -0.4 is 112 Å². The van der Waals surface area contributed by atoms with Crippen LogP contribution in [0.4, 0.5) is 24.9 Å². The van der Waals surface area contributed by atoms with Gasteiger partial charge in [0.05, 0.1) is 22.0 Å². The summed E-state index contributed by atoms with van der Waals surface area (Å²) in [5.74, 6) is -2.86. The molecule has 1 aliphatic carbocycles. The molecular formula is C28H29ClF3K2N2O13S2+. The fraction of sp³-hybridized carbons (Fsp3) is 0.107. The molecule has 0 saturated carbocycles. The predicted octanol–water partition coefficient (Wildman–Crippen LogP) is -0.402. The number of rotatable bonds is 7. The SMILES string of the molecule is C.CC1=[C+]C=C(S(=O)(=O)Cl)C=C1.Cc1ccc(S(=O)(=O)Oc2ccc([N+](=O)[O-])c(F)c2)cc1.O=CO[O-].O=[N+]([O-])c1ccc(O)cc1F.[2H]F.[2H][2H].[H-].[K+].[K+]. The van der Waals surface area contributed by atoms with Crippen LogP contribution in [0.3, 0.4) is 0 Å². The molecule has 3 aromatic carbocycles. The smallest absolute Gasteiger partial charge is 1.00 e. The van der Waals surface area contributed by atoms with E-state index in [4.69, 9.17) is 37.7 Å². The molecule has 3 aromatic rings. The van der Waals surface area contributed by atoms with Gasteiger partial charge in [-0.15, -0.1) is 0 Å². The van der Waals surface area contributed by atoms with Gasteiger partial charge in [0.15, 0.2) is 4.91 Å². The maximum absolute atomic E-state index is 13.4. The number of phenolic OH excluding ortho intramolecular Hbond substituents is 1. The maximum Gasteiger partial charge on any atom is 1.00 e.